The normalized spacial score (nSPS) is 18.0. The number of benzene rings is 1. The van der Waals surface area contributed by atoms with Crippen LogP contribution in [-0.4, -0.2) is 31.3 Å². The number of aryl methyl sites for hydroxylation is 1. The number of likely N-dealkylation sites (tertiary alicyclic amines) is 1. The number of carbonyl (C=O) groups is 1. The SMILES string of the molecule is CCc1ccc(C(=O)N2CCCC2(C)C)cc1S(N)(=O)=O. The van der Waals surface area contributed by atoms with Crippen molar-refractivity contribution >= 4 is 15.9 Å². The molecule has 0 saturated carbocycles. The maximum Gasteiger partial charge on any atom is 0.254 e. The van der Waals surface area contributed by atoms with Crippen LogP contribution in [0.3, 0.4) is 0 Å². The molecule has 2 N–H and O–H groups in total. The summed E-state index contributed by atoms with van der Waals surface area (Å²) in [6, 6.07) is 4.77. The van der Waals surface area contributed by atoms with E-state index in [9.17, 15) is 13.2 Å². The Morgan fingerprint density at radius 1 is 1.38 bits per heavy atom. The van der Waals surface area contributed by atoms with Crippen LogP contribution >= 0.6 is 0 Å². The number of hydrogen-bond donors (Lipinski definition) is 1. The molecule has 0 atom stereocenters. The van der Waals surface area contributed by atoms with Gasteiger partial charge in [0.05, 0.1) is 4.90 Å². The lowest BCUT2D eigenvalue weighted by atomic mass is 10.0. The summed E-state index contributed by atoms with van der Waals surface area (Å²) < 4.78 is 23.4. The molecule has 0 bridgehead atoms. The molecule has 2 rings (SSSR count). The van der Waals surface area contributed by atoms with Gasteiger partial charge in [-0.25, -0.2) is 13.6 Å². The van der Waals surface area contributed by atoms with Crippen LogP contribution in [0.2, 0.25) is 0 Å². The van der Waals surface area contributed by atoms with Crippen molar-refractivity contribution < 1.29 is 13.2 Å². The van der Waals surface area contributed by atoms with Gasteiger partial charge in [-0.05, 0) is 50.8 Å². The van der Waals surface area contributed by atoms with Gasteiger partial charge in [-0.3, -0.25) is 4.79 Å². The number of nitrogens with two attached hydrogens (primary N) is 1. The molecule has 0 spiro atoms. The van der Waals surface area contributed by atoms with E-state index in [-0.39, 0.29) is 16.3 Å². The Kier molecular flexibility index (Phi) is 4.13. The van der Waals surface area contributed by atoms with Crippen molar-refractivity contribution in [3.8, 4) is 0 Å². The highest BCUT2D eigenvalue weighted by Gasteiger charge is 2.36. The van der Waals surface area contributed by atoms with Crippen LogP contribution in [0.4, 0.5) is 0 Å². The van der Waals surface area contributed by atoms with Crippen molar-refractivity contribution in [1.82, 2.24) is 4.90 Å². The first-order valence-electron chi connectivity index (χ1n) is 7.14. The van der Waals surface area contributed by atoms with Crippen molar-refractivity contribution in [2.24, 2.45) is 5.14 Å². The standard InChI is InChI=1S/C15H22N2O3S/c1-4-11-6-7-12(10-13(11)21(16,19)20)14(18)17-9-5-8-15(17,2)3/h6-7,10H,4-5,8-9H2,1-3H3,(H2,16,19,20). The van der Waals surface area contributed by atoms with Crippen LogP contribution in [0.25, 0.3) is 0 Å². The number of nitrogens with zero attached hydrogens (tertiary/aromatic N) is 1. The van der Waals surface area contributed by atoms with E-state index in [4.69, 9.17) is 5.14 Å². The number of primary sulfonamides is 1. The lowest BCUT2D eigenvalue weighted by Crippen LogP contribution is -2.42. The third-order valence-corrected chi connectivity index (χ3v) is 5.14. The van der Waals surface area contributed by atoms with Crippen LogP contribution in [0.15, 0.2) is 23.1 Å². The average molecular weight is 310 g/mol. The molecule has 1 saturated heterocycles. The second-order valence-corrected chi connectivity index (χ2v) is 7.62. The van der Waals surface area contributed by atoms with E-state index in [2.05, 4.69) is 0 Å². The Morgan fingerprint density at radius 2 is 2.05 bits per heavy atom. The molecule has 21 heavy (non-hydrogen) atoms. The van der Waals surface area contributed by atoms with Gasteiger partial charge in [-0.2, -0.15) is 0 Å². The highest BCUT2D eigenvalue weighted by Crippen LogP contribution is 2.30. The van der Waals surface area contributed by atoms with E-state index in [1.165, 1.54) is 6.07 Å². The van der Waals surface area contributed by atoms with E-state index in [1.807, 2.05) is 20.8 Å². The van der Waals surface area contributed by atoms with Crippen LogP contribution < -0.4 is 5.14 Å². The largest absolute Gasteiger partial charge is 0.334 e. The molecule has 0 unspecified atom stereocenters. The summed E-state index contributed by atoms with van der Waals surface area (Å²) in [6.45, 7) is 6.61. The number of rotatable bonds is 3. The van der Waals surface area contributed by atoms with Gasteiger partial charge in [-0.15, -0.1) is 0 Å². The molecule has 1 fully saturated rings. The molecule has 1 aromatic carbocycles. The van der Waals surface area contributed by atoms with Crippen molar-refractivity contribution in [3.63, 3.8) is 0 Å². The molecule has 0 radical (unpaired) electrons. The molecule has 0 aliphatic carbocycles. The highest BCUT2D eigenvalue weighted by atomic mass is 32.2. The van der Waals surface area contributed by atoms with E-state index in [0.29, 0.717) is 24.1 Å². The molecule has 6 heteroatoms. The second kappa shape index (κ2) is 5.42. The minimum atomic E-state index is -3.82. The Labute approximate surface area is 126 Å². The smallest absolute Gasteiger partial charge is 0.254 e. The van der Waals surface area contributed by atoms with Crippen molar-refractivity contribution in [1.29, 1.82) is 0 Å². The maximum absolute atomic E-state index is 12.6. The summed E-state index contributed by atoms with van der Waals surface area (Å²) in [5.74, 6) is -0.134. The van der Waals surface area contributed by atoms with Gasteiger partial charge < -0.3 is 4.90 Å². The third-order valence-electron chi connectivity index (χ3n) is 4.15. The molecule has 1 aromatic rings. The molecule has 116 valence electrons. The van der Waals surface area contributed by atoms with Gasteiger partial charge in [0.25, 0.3) is 5.91 Å². The van der Waals surface area contributed by atoms with Gasteiger partial charge >= 0.3 is 0 Å². The van der Waals surface area contributed by atoms with Gasteiger partial charge in [0.2, 0.25) is 10.0 Å². The minimum absolute atomic E-state index is 0.0489. The molecule has 1 aliphatic rings. The second-order valence-electron chi connectivity index (χ2n) is 6.09. The van der Waals surface area contributed by atoms with Gasteiger partial charge in [-0.1, -0.05) is 13.0 Å². The molecule has 1 heterocycles. The fraction of sp³-hybridized carbons (Fsp3) is 0.533. The lowest BCUT2D eigenvalue weighted by Gasteiger charge is -2.31. The Balaban J connectivity index is 2.44. The van der Waals surface area contributed by atoms with Gasteiger partial charge in [0, 0.05) is 17.6 Å². The number of hydrogen-bond acceptors (Lipinski definition) is 3. The Hall–Kier alpha value is -1.40. The van der Waals surface area contributed by atoms with Gasteiger partial charge in [0.15, 0.2) is 0 Å². The molecule has 1 amide bonds. The minimum Gasteiger partial charge on any atom is -0.334 e. The zero-order chi connectivity index (χ0) is 15.8. The van der Waals surface area contributed by atoms with E-state index in [1.54, 1.807) is 17.0 Å². The van der Waals surface area contributed by atoms with Crippen LogP contribution in [0.5, 0.6) is 0 Å². The fourth-order valence-electron chi connectivity index (χ4n) is 2.88. The van der Waals surface area contributed by atoms with Crippen LogP contribution in [0, 0.1) is 0 Å². The topological polar surface area (TPSA) is 80.5 Å². The Bertz CT molecular complexity index is 665. The molecule has 1 aliphatic heterocycles. The zero-order valence-corrected chi connectivity index (χ0v) is 13.5. The summed E-state index contributed by atoms with van der Waals surface area (Å²) >= 11 is 0. The lowest BCUT2D eigenvalue weighted by molar-refractivity contribution is 0.0651. The summed E-state index contributed by atoms with van der Waals surface area (Å²) in [4.78, 5) is 14.5. The van der Waals surface area contributed by atoms with Crippen molar-refractivity contribution in [2.75, 3.05) is 6.54 Å². The first-order chi connectivity index (χ1) is 9.66. The summed E-state index contributed by atoms with van der Waals surface area (Å²) in [6.07, 6.45) is 2.47. The number of carbonyl (C=O) groups excluding carboxylic acids is 1. The average Bonchev–Trinajstić information content (AvgIpc) is 2.75. The first-order valence-corrected chi connectivity index (χ1v) is 8.69. The van der Waals surface area contributed by atoms with E-state index >= 15 is 0 Å². The monoisotopic (exact) mass is 310 g/mol. The van der Waals surface area contributed by atoms with Gasteiger partial charge in [0.1, 0.15) is 0 Å². The highest BCUT2D eigenvalue weighted by molar-refractivity contribution is 7.89. The van der Waals surface area contributed by atoms with E-state index < -0.39 is 10.0 Å². The summed E-state index contributed by atoms with van der Waals surface area (Å²) in [7, 11) is -3.82. The molecule has 0 aromatic heterocycles. The summed E-state index contributed by atoms with van der Waals surface area (Å²) in [5, 5.41) is 5.26. The number of amides is 1. The molecular formula is C15H22N2O3S. The summed E-state index contributed by atoms with van der Waals surface area (Å²) in [5.41, 5.74) is 0.823. The van der Waals surface area contributed by atoms with E-state index in [0.717, 1.165) is 12.8 Å². The Morgan fingerprint density at radius 3 is 2.52 bits per heavy atom. The predicted octanol–water partition coefficient (Wildman–Crippen LogP) is 1.91. The number of sulfonamides is 1. The molecular weight excluding hydrogens is 288 g/mol. The zero-order valence-electron chi connectivity index (χ0n) is 12.7. The molecule has 5 nitrogen and oxygen atoms in total. The fourth-order valence-corrected chi connectivity index (χ4v) is 3.75. The maximum atomic E-state index is 12.6. The predicted molar refractivity (Wildman–Crippen MR) is 81.5 cm³/mol. The quantitative estimate of drug-likeness (QED) is 0.926. The van der Waals surface area contributed by atoms with Crippen molar-refractivity contribution in [2.45, 2.75) is 50.5 Å². The van der Waals surface area contributed by atoms with Crippen LogP contribution in [0.1, 0.15) is 49.5 Å². The van der Waals surface area contributed by atoms with Crippen LogP contribution in [-0.2, 0) is 16.4 Å². The third kappa shape index (κ3) is 3.11. The van der Waals surface area contributed by atoms with Crippen molar-refractivity contribution in [3.05, 3.63) is 29.3 Å². The first kappa shape index (κ1) is 16.0.